The minimum absolute atomic E-state index is 0.244. The lowest BCUT2D eigenvalue weighted by atomic mass is 10.0. The molecule has 1 amide bonds. The Labute approximate surface area is 205 Å². The van der Waals surface area contributed by atoms with Crippen molar-refractivity contribution in [2.45, 2.75) is 46.3 Å². The molecule has 8 heteroatoms. The number of hydrogen-bond donors (Lipinski definition) is 2. The summed E-state index contributed by atoms with van der Waals surface area (Å²) in [6.07, 6.45) is 1.02. The van der Waals surface area contributed by atoms with Crippen LogP contribution in [0.2, 0.25) is 0 Å². The van der Waals surface area contributed by atoms with E-state index in [0.717, 1.165) is 23.2 Å². The third kappa shape index (κ3) is 6.41. The van der Waals surface area contributed by atoms with Crippen LogP contribution in [0.25, 0.3) is 11.3 Å². The molecule has 0 spiro atoms. The van der Waals surface area contributed by atoms with E-state index in [9.17, 15) is 14.7 Å². The van der Waals surface area contributed by atoms with Crippen LogP contribution in [0.15, 0.2) is 48.5 Å². The number of aliphatic carboxylic acids is 1. The number of aromatic nitrogens is 2. The molecule has 0 aliphatic carbocycles. The van der Waals surface area contributed by atoms with Gasteiger partial charge in [0.2, 0.25) is 0 Å². The van der Waals surface area contributed by atoms with Gasteiger partial charge in [-0.15, -0.1) is 0 Å². The molecule has 1 heterocycles. The van der Waals surface area contributed by atoms with E-state index in [1.165, 1.54) is 26.5 Å². The van der Waals surface area contributed by atoms with Crippen molar-refractivity contribution in [1.82, 2.24) is 15.1 Å². The van der Waals surface area contributed by atoms with Gasteiger partial charge in [-0.25, -0.2) is 4.79 Å². The van der Waals surface area contributed by atoms with Crippen molar-refractivity contribution < 1.29 is 24.2 Å². The highest BCUT2D eigenvalue weighted by molar-refractivity contribution is 5.93. The molecule has 2 N–H and O–H groups in total. The van der Waals surface area contributed by atoms with Crippen LogP contribution in [0.4, 0.5) is 0 Å². The highest BCUT2D eigenvalue weighted by atomic mass is 16.5. The molecule has 0 saturated carbocycles. The fourth-order valence-electron chi connectivity index (χ4n) is 3.63. The minimum atomic E-state index is -1.41. The number of rotatable bonds is 10. The Kier molecular flexibility index (Phi) is 7.84. The first-order valence-electron chi connectivity index (χ1n) is 11.5. The Bertz CT molecular complexity index is 1200. The van der Waals surface area contributed by atoms with E-state index in [-0.39, 0.29) is 12.5 Å². The Balaban J connectivity index is 1.68. The van der Waals surface area contributed by atoms with Crippen LogP contribution in [0.3, 0.4) is 0 Å². The third-order valence-corrected chi connectivity index (χ3v) is 5.57. The molecule has 0 aliphatic heterocycles. The number of nitrogens with zero attached hydrogens (tertiary/aromatic N) is 2. The zero-order valence-electron chi connectivity index (χ0n) is 21.1. The maximum absolute atomic E-state index is 12.8. The van der Waals surface area contributed by atoms with Crippen LogP contribution in [-0.2, 0) is 24.8 Å². The number of carboxylic acids is 1. The molecule has 0 aliphatic rings. The molecule has 0 unspecified atom stereocenters. The smallest absolute Gasteiger partial charge is 0.347 e. The number of aryl methyl sites for hydroxylation is 1. The van der Waals surface area contributed by atoms with Gasteiger partial charge in [0, 0.05) is 13.6 Å². The van der Waals surface area contributed by atoms with Gasteiger partial charge < -0.3 is 19.9 Å². The first-order valence-corrected chi connectivity index (χ1v) is 11.5. The van der Waals surface area contributed by atoms with Crippen molar-refractivity contribution in [1.29, 1.82) is 0 Å². The molecule has 186 valence electrons. The summed E-state index contributed by atoms with van der Waals surface area (Å²) < 4.78 is 12.6. The van der Waals surface area contributed by atoms with E-state index in [1.54, 1.807) is 28.9 Å². The normalized spacial score (nSPS) is 11.4. The zero-order chi connectivity index (χ0) is 25.8. The second kappa shape index (κ2) is 10.6. The molecule has 0 atom stereocenters. The largest absolute Gasteiger partial charge is 0.493 e. The second-order valence-electron chi connectivity index (χ2n) is 9.42. The van der Waals surface area contributed by atoms with Gasteiger partial charge in [0.25, 0.3) is 5.91 Å². The number of carbonyl (C=O) groups excluding carboxylic acids is 1. The first kappa shape index (κ1) is 25.8. The van der Waals surface area contributed by atoms with Crippen molar-refractivity contribution in [2.24, 2.45) is 13.0 Å². The number of methoxy groups -OCH3 is 1. The first-order chi connectivity index (χ1) is 16.5. The Hall–Kier alpha value is -3.81. The van der Waals surface area contributed by atoms with E-state index >= 15 is 0 Å². The lowest BCUT2D eigenvalue weighted by molar-refractivity contribution is -0.152. The van der Waals surface area contributed by atoms with Gasteiger partial charge in [0.1, 0.15) is 0 Å². The molecule has 1 aromatic heterocycles. The Morgan fingerprint density at radius 2 is 1.71 bits per heavy atom. The van der Waals surface area contributed by atoms with Gasteiger partial charge in [-0.05, 0) is 61.1 Å². The average Bonchev–Trinajstić information content (AvgIpc) is 3.19. The average molecular weight is 480 g/mol. The fourth-order valence-corrected chi connectivity index (χ4v) is 3.63. The number of benzene rings is 2. The quantitative estimate of drug-likeness (QED) is 0.445. The Morgan fingerprint density at radius 1 is 1.06 bits per heavy atom. The molecular weight excluding hydrogens is 446 g/mol. The standard InChI is InChI=1S/C27H33N3O5/c1-17(2)13-18-7-10-20(11-8-18)22-15-21(29-30(22)5)25(31)28-16-19-9-12-23(24(14-19)34-6)35-27(3,4)26(32)33/h7-12,14-15,17H,13,16H2,1-6H3,(H,28,31)(H,32,33). The molecule has 0 fully saturated rings. The van der Waals surface area contributed by atoms with Gasteiger partial charge in [-0.1, -0.05) is 44.2 Å². The van der Waals surface area contributed by atoms with E-state index < -0.39 is 11.6 Å². The molecule has 3 rings (SSSR count). The molecule has 2 aromatic carbocycles. The second-order valence-corrected chi connectivity index (χ2v) is 9.42. The molecular formula is C27H33N3O5. The zero-order valence-corrected chi connectivity index (χ0v) is 21.1. The summed E-state index contributed by atoms with van der Waals surface area (Å²) >= 11 is 0. The van der Waals surface area contributed by atoms with Gasteiger partial charge >= 0.3 is 5.97 Å². The summed E-state index contributed by atoms with van der Waals surface area (Å²) in [7, 11) is 3.29. The lowest BCUT2D eigenvalue weighted by Crippen LogP contribution is -2.38. The maximum Gasteiger partial charge on any atom is 0.347 e. The van der Waals surface area contributed by atoms with Crippen molar-refractivity contribution in [2.75, 3.05) is 7.11 Å². The van der Waals surface area contributed by atoms with Gasteiger partial charge in [-0.2, -0.15) is 5.10 Å². The lowest BCUT2D eigenvalue weighted by Gasteiger charge is -2.23. The van der Waals surface area contributed by atoms with Crippen LogP contribution in [-0.4, -0.2) is 39.5 Å². The fraction of sp³-hybridized carbons (Fsp3) is 0.370. The SMILES string of the molecule is COc1cc(CNC(=O)c2cc(-c3ccc(CC(C)C)cc3)n(C)n2)ccc1OC(C)(C)C(=O)O. The van der Waals surface area contributed by atoms with Crippen molar-refractivity contribution in [3.8, 4) is 22.8 Å². The summed E-state index contributed by atoms with van der Waals surface area (Å²) in [5.41, 5.74) is 2.82. The predicted octanol–water partition coefficient (Wildman–Crippen LogP) is 4.47. The summed E-state index contributed by atoms with van der Waals surface area (Å²) in [5, 5.41) is 16.5. The summed E-state index contributed by atoms with van der Waals surface area (Å²) in [6.45, 7) is 7.55. The van der Waals surface area contributed by atoms with Crippen LogP contribution in [0, 0.1) is 5.92 Å². The monoisotopic (exact) mass is 479 g/mol. The highest BCUT2D eigenvalue weighted by Gasteiger charge is 2.30. The predicted molar refractivity (Wildman–Crippen MR) is 134 cm³/mol. The summed E-state index contributed by atoms with van der Waals surface area (Å²) in [5.74, 6) is -0.101. The summed E-state index contributed by atoms with van der Waals surface area (Å²) in [4.78, 5) is 24.1. The minimum Gasteiger partial charge on any atom is -0.493 e. The Morgan fingerprint density at radius 3 is 2.31 bits per heavy atom. The van der Waals surface area contributed by atoms with Crippen LogP contribution in [0.1, 0.15) is 49.3 Å². The third-order valence-electron chi connectivity index (χ3n) is 5.57. The topological polar surface area (TPSA) is 103 Å². The van der Waals surface area contributed by atoms with Crippen molar-refractivity contribution >= 4 is 11.9 Å². The van der Waals surface area contributed by atoms with Gasteiger partial charge in [-0.3, -0.25) is 9.48 Å². The van der Waals surface area contributed by atoms with E-state index in [2.05, 4.69) is 48.5 Å². The molecule has 0 radical (unpaired) electrons. The van der Waals surface area contributed by atoms with Crippen LogP contribution in [0.5, 0.6) is 11.5 Å². The van der Waals surface area contributed by atoms with Gasteiger partial charge in [0.05, 0.1) is 12.8 Å². The number of carbonyl (C=O) groups is 2. The van der Waals surface area contributed by atoms with E-state index in [1.807, 2.05) is 7.05 Å². The van der Waals surface area contributed by atoms with Gasteiger partial charge in [0.15, 0.2) is 22.8 Å². The summed E-state index contributed by atoms with van der Waals surface area (Å²) in [6, 6.07) is 15.2. The number of amides is 1. The van der Waals surface area contributed by atoms with E-state index in [4.69, 9.17) is 9.47 Å². The number of nitrogens with one attached hydrogen (secondary N) is 1. The maximum atomic E-state index is 12.8. The van der Waals surface area contributed by atoms with Crippen LogP contribution < -0.4 is 14.8 Å². The van der Waals surface area contributed by atoms with Crippen molar-refractivity contribution in [3.05, 3.63) is 65.4 Å². The molecule has 8 nitrogen and oxygen atoms in total. The number of ether oxygens (including phenoxy) is 2. The van der Waals surface area contributed by atoms with Crippen LogP contribution >= 0.6 is 0 Å². The number of hydrogen-bond acceptors (Lipinski definition) is 5. The van der Waals surface area contributed by atoms with Crippen molar-refractivity contribution in [3.63, 3.8) is 0 Å². The molecule has 0 saturated heterocycles. The molecule has 3 aromatic rings. The molecule has 0 bridgehead atoms. The van der Waals surface area contributed by atoms with E-state index in [0.29, 0.717) is 23.1 Å². The number of carboxylic acid groups (broad SMARTS) is 1. The molecule has 35 heavy (non-hydrogen) atoms. The highest BCUT2D eigenvalue weighted by Crippen LogP contribution is 2.31.